The quantitative estimate of drug-likeness (QED) is 0.148. The number of anilines is 3. The first-order chi connectivity index (χ1) is 35.5. The van der Waals surface area contributed by atoms with Gasteiger partial charge >= 0.3 is 0 Å². The van der Waals surface area contributed by atoms with Crippen molar-refractivity contribution in [1.82, 2.24) is 9.13 Å². The van der Waals surface area contributed by atoms with Crippen LogP contribution in [0.15, 0.2) is 261 Å². The fourth-order valence-electron chi connectivity index (χ4n) is 11.7. The summed E-state index contributed by atoms with van der Waals surface area (Å²) in [6.45, 7) is 4.78. The van der Waals surface area contributed by atoms with Gasteiger partial charge in [0.2, 0.25) is 0 Å². The van der Waals surface area contributed by atoms with E-state index in [1.165, 1.54) is 111 Å². The lowest BCUT2D eigenvalue weighted by Gasteiger charge is -2.28. The van der Waals surface area contributed by atoms with Crippen LogP contribution in [-0.2, 0) is 5.41 Å². The second-order valence-electron chi connectivity index (χ2n) is 19.8. The molecule has 0 fully saturated rings. The largest absolute Gasteiger partial charge is 0.310 e. The van der Waals surface area contributed by atoms with Crippen LogP contribution in [0.2, 0.25) is 0 Å². The fraction of sp³-hybridized carbons (Fsp3) is 0.0435. The van der Waals surface area contributed by atoms with Crippen molar-refractivity contribution in [3.05, 3.63) is 272 Å². The number of aromatic nitrogens is 2. The van der Waals surface area contributed by atoms with Crippen molar-refractivity contribution in [3.63, 3.8) is 0 Å². The molecule has 0 radical (unpaired) electrons. The molecule has 2 aromatic heterocycles. The van der Waals surface area contributed by atoms with Gasteiger partial charge in [0.15, 0.2) is 0 Å². The Morgan fingerprint density at radius 1 is 0.278 bits per heavy atom. The zero-order valence-corrected chi connectivity index (χ0v) is 40.2. The third kappa shape index (κ3) is 6.66. The first kappa shape index (κ1) is 41.8. The molecule has 0 aliphatic heterocycles. The van der Waals surface area contributed by atoms with E-state index in [1.54, 1.807) is 0 Å². The molecular formula is C69H49N3. The number of fused-ring (bicyclic) bond motifs is 9. The number of para-hydroxylation sites is 4. The van der Waals surface area contributed by atoms with E-state index in [1.807, 2.05) is 0 Å². The Kier molecular flexibility index (Phi) is 9.56. The minimum absolute atomic E-state index is 0.241. The van der Waals surface area contributed by atoms with Gasteiger partial charge in [0.05, 0.1) is 22.1 Å². The molecule has 0 unspecified atom stereocenters. The molecule has 13 aromatic rings. The Morgan fingerprint density at radius 3 is 1.32 bits per heavy atom. The molecule has 340 valence electrons. The molecule has 72 heavy (non-hydrogen) atoms. The first-order valence-corrected chi connectivity index (χ1v) is 25.0. The summed E-state index contributed by atoms with van der Waals surface area (Å²) >= 11 is 0. The van der Waals surface area contributed by atoms with E-state index >= 15 is 0 Å². The summed E-state index contributed by atoms with van der Waals surface area (Å²) in [5, 5.41) is 5.03. The zero-order valence-electron chi connectivity index (χ0n) is 40.2. The van der Waals surface area contributed by atoms with E-state index in [0.29, 0.717) is 0 Å². The highest BCUT2D eigenvalue weighted by molar-refractivity contribution is 6.11. The molecule has 3 nitrogen and oxygen atoms in total. The summed E-state index contributed by atoms with van der Waals surface area (Å²) in [4.78, 5) is 2.42. The molecular weight excluding hydrogens is 871 g/mol. The maximum Gasteiger partial charge on any atom is 0.0547 e. The molecule has 0 amide bonds. The average molecular weight is 920 g/mol. The third-order valence-corrected chi connectivity index (χ3v) is 15.3. The molecule has 1 aliphatic carbocycles. The van der Waals surface area contributed by atoms with Crippen LogP contribution in [0, 0.1) is 0 Å². The number of nitrogens with zero attached hydrogens (tertiary/aromatic N) is 3. The molecule has 0 spiro atoms. The van der Waals surface area contributed by atoms with Crippen molar-refractivity contribution >= 4 is 60.7 Å². The van der Waals surface area contributed by atoms with Crippen LogP contribution in [0.5, 0.6) is 0 Å². The lowest BCUT2D eigenvalue weighted by atomic mass is 9.81. The molecule has 1 aliphatic rings. The van der Waals surface area contributed by atoms with Crippen LogP contribution in [-0.4, -0.2) is 9.13 Å². The lowest BCUT2D eigenvalue weighted by Crippen LogP contribution is -2.16. The smallest absolute Gasteiger partial charge is 0.0547 e. The van der Waals surface area contributed by atoms with Gasteiger partial charge in [-0.3, -0.25) is 0 Å². The van der Waals surface area contributed by atoms with Gasteiger partial charge in [-0.05, 0) is 153 Å². The molecule has 0 N–H and O–H groups in total. The van der Waals surface area contributed by atoms with Gasteiger partial charge in [-0.15, -0.1) is 0 Å². The van der Waals surface area contributed by atoms with Gasteiger partial charge in [-0.1, -0.05) is 178 Å². The van der Waals surface area contributed by atoms with Gasteiger partial charge in [0.25, 0.3) is 0 Å². The third-order valence-electron chi connectivity index (χ3n) is 15.3. The summed E-state index contributed by atoms with van der Waals surface area (Å²) in [6.07, 6.45) is 0. The number of rotatable bonds is 8. The molecule has 0 saturated heterocycles. The maximum atomic E-state index is 2.45. The highest BCUT2D eigenvalue weighted by Gasteiger charge is 2.36. The van der Waals surface area contributed by atoms with Crippen LogP contribution in [0.25, 0.3) is 99.5 Å². The SMILES string of the molecule is CC1(C)c2cc(-c3ccc4c5ccccc5n(-c5ccccc5)c4c3)ccc2-c2ccc(N(c3ccc(-c4ccccc4)cc3)c3ccc(-c4ccc5c(c4)c4ccccc4n5-c4ccccc4)cc3)cc21. The van der Waals surface area contributed by atoms with E-state index in [9.17, 15) is 0 Å². The van der Waals surface area contributed by atoms with E-state index in [-0.39, 0.29) is 5.41 Å². The van der Waals surface area contributed by atoms with Crippen molar-refractivity contribution in [3.8, 4) is 55.9 Å². The average Bonchev–Trinajstić information content (AvgIpc) is 4.04. The standard InChI is InChI=1S/C69H49N3/c1-69(2)63-43-50(51-31-39-61-59-22-12-14-24-65(59)72(68(61)44-51)53-20-10-5-11-21-53)30-38-57(63)58-40-37-56(45-64(58)69)70(54-33-26-47(27-34-54)46-16-6-3-7-17-46)55-35-28-48(29-36-55)49-32-41-67-62(42-49)60-23-13-15-25-66(60)71(67)52-18-8-4-9-19-52/h3-45H,1-2H3. The summed E-state index contributed by atoms with van der Waals surface area (Å²) in [5.41, 5.74) is 22.8. The van der Waals surface area contributed by atoms with Gasteiger partial charge in [0.1, 0.15) is 0 Å². The highest BCUT2D eigenvalue weighted by Crippen LogP contribution is 2.52. The molecule has 0 bridgehead atoms. The van der Waals surface area contributed by atoms with Crippen molar-refractivity contribution in [2.75, 3.05) is 4.90 Å². The van der Waals surface area contributed by atoms with Gasteiger partial charge in [-0.2, -0.15) is 0 Å². The van der Waals surface area contributed by atoms with Crippen LogP contribution >= 0.6 is 0 Å². The Balaban J connectivity index is 0.843. The Bertz CT molecular complexity index is 4200. The zero-order chi connectivity index (χ0) is 47.9. The normalized spacial score (nSPS) is 12.7. The van der Waals surface area contributed by atoms with Crippen molar-refractivity contribution < 1.29 is 0 Å². The first-order valence-electron chi connectivity index (χ1n) is 25.0. The van der Waals surface area contributed by atoms with Crippen molar-refractivity contribution in [1.29, 1.82) is 0 Å². The predicted molar refractivity (Wildman–Crippen MR) is 304 cm³/mol. The van der Waals surface area contributed by atoms with Gasteiger partial charge in [-0.25, -0.2) is 0 Å². The maximum absolute atomic E-state index is 2.45. The topological polar surface area (TPSA) is 13.1 Å². The molecule has 0 saturated carbocycles. The molecule has 3 heteroatoms. The lowest BCUT2D eigenvalue weighted by molar-refractivity contribution is 0.660. The Morgan fingerprint density at radius 2 is 0.681 bits per heavy atom. The number of benzene rings is 11. The van der Waals surface area contributed by atoms with E-state index in [2.05, 4.69) is 289 Å². The predicted octanol–water partition coefficient (Wildman–Crippen LogP) is 18.7. The van der Waals surface area contributed by atoms with Crippen molar-refractivity contribution in [2.45, 2.75) is 19.3 Å². The number of hydrogen-bond acceptors (Lipinski definition) is 1. The second-order valence-corrected chi connectivity index (χ2v) is 19.8. The van der Waals surface area contributed by atoms with E-state index in [4.69, 9.17) is 0 Å². The van der Waals surface area contributed by atoms with Crippen LogP contribution in [0.3, 0.4) is 0 Å². The minimum atomic E-state index is -0.241. The van der Waals surface area contributed by atoms with Gasteiger partial charge < -0.3 is 14.0 Å². The molecule has 2 heterocycles. The summed E-state index contributed by atoms with van der Waals surface area (Å²) in [6, 6.07) is 95.8. The Labute approximate surface area is 419 Å². The molecule has 0 atom stereocenters. The fourth-order valence-corrected chi connectivity index (χ4v) is 11.7. The van der Waals surface area contributed by atoms with E-state index < -0.39 is 0 Å². The highest BCUT2D eigenvalue weighted by atomic mass is 15.1. The summed E-state index contributed by atoms with van der Waals surface area (Å²) in [7, 11) is 0. The van der Waals surface area contributed by atoms with Crippen LogP contribution in [0.1, 0.15) is 25.0 Å². The van der Waals surface area contributed by atoms with Gasteiger partial charge in [0, 0.05) is 55.4 Å². The van der Waals surface area contributed by atoms with E-state index in [0.717, 1.165) is 17.1 Å². The Hall–Kier alpha value is -9.18. The molecule has 11 aromatic carbocycles. The monoisotopic (exact) mass is 919 g/mol. The van der Waals surface area contributed by atoms with Crippen LogP contribution < -0.4 is 4.90 Å². The minimum Gasteiger partial charge on any atom is -0.310 e. The van der Waals surface area contributed by atoms with Crippen molar-refractivity contribution in [2.24, 2.45) is 0 Å². The molecule has 14 rings (SSSR count). The number of hydrogen-bond donors (Lipinski definition) is 0. The summed E-state index contributed by atoms with van der Waals surface area (Å²) in [5.74, 6) is 0. The second kappa shape index (κ2) is 16.5. The summed E-state index contributed by atoms with van der Waals surface area (Å²) < 4.78 is 4.78. The van der Waals surface area contributed by atoms with Crippen LogP contribution in [0.4, 0.5) is 17.1 Å².